The van der Waals surface area contributed by atoms with Gasteiger partial charge >= 0.3 is 0 Å². The van der Waals surface area contributed by atoms with Crippen molar-refractivity contribution in [3.05, 3.63) is 11.6 Å². The number of hydrogen-bond donors (Lipinski definition) is 1. The normalized spacial score (nSPS) is 21.8. The minimum Gasteiger partial charge on any atom is -0.477 e. The van der Waals surface area contributed by atoms with Crippen molar-refractivity contribution < 1.29 is 19.3 Å². The van der Waals surface area contributed by atoms with Crippen molar-refractivity contribution in [2.24, 2.45) is 4.99 Å². The Morgan fingerprint density at radius 1 is 1.58 bits per heavy atom. The van der Waals surface area contributed by atoms with E-state index < -0.39 is 6.10 Å². The quantitative estimate of drug-likeness (QED) is 0.567. The minimum absolute atomic E-state index is 0.0324. The molecular formula is C14H25NO4. The van der Waals surface area contributed by atoms with E-state index in [1.807, 2.05) is 33.8 Å². The fraction of sp³-hybridized carbons (Fsp3) is 0.786. The first-order valence-electron chi connectivity index (χ1n) is 6.53. The molecule has 1 heterocycles. The van der Waals surface area contributed by atoms with Gasteiger partial charge in [-0.25, -0.2) is 4.99 Å². The van der Waals surface area contributed by atoms with Crippen LogP contribution in [0.5, 0.6) is 0 Å². The summed E-state index contributed by atoms with van der Waals surface area (Å²) in [6.07, 6.45) is 1.70. The molecular weight excluding hydrogens is 246 g/mol. The Labute approximate surface area is 115 Å². The highest BCUT2D eigenvalue weighted by Gasteiger charge is 2.29. The average Bonchev–Trinajstić information content (AvgIpc) is 2.73. The van der Waals surface area contributed by atoms with Crippen LogP contribution in [0.25, 0.3) is 0 Å². The van der Waals surface area contributed by atoms with E-state index in [1.54, 1.807) is 7.11 Å². The summed E-state index contributed by atoms with van der Waals surface area (Å²) in [5, 5.41) is 10.0. The lowest BCUT2D eigenvalue weighted by Gasteiger charge is -2.14. The van der Waals surface area contributed by atoms with Gasteiger partial charge in [-0.15, -0.1) is 0 Å². The van der Waals surface area contributed by atoms with Crippen molar-refractivity contribution >= 4 is 5.90 Å². The predicted molar refractivity (Wildman–Crippen MR) is 74.3 cm³/mol. The van der Waals surface area contributed by atoms with Gasteiger partial charge in [-0.2, -0.15) is 0 Å². The second-order valence-corrected chi connectivity index (χ2v) is 5.47. The van der Waals surface area contributed by atoms with E-state index in [-0.39, 0.29) is 18.4 Å². The van der Waals surface area contributed by atoms with Gasteiger partial charge in [0, 0.05) is 13.5 Å². The van der Waals surface area contributed by atoms with Gasteiger partial charge in [0.05, 0.1) is 11.6 Å². The molecule has 0 radical (unpaired) electrons. The lowest BCUT2D eigenvalue weighted by molar-refractivity contribution is -0.0531. The summed E-state index contributed by atoms with van der Waals surface area (Å²) in [5.74, 6) is 0.430. The monoisotopic (exact) mass is 271 g/mol. The van der Waals surface area contributed by atoms with Gasteiger partial charge in [-0.05, 0) is 33.3 Å². The zero-order valence-electron chi connectivity index (χ0n) is 12.5. The van der Waals surface area contributed by atoms with Crippen molar-refractivity contribution in [2.75, 3.05) is 20.5 Å². The van der Waals surface area contributed by atoms with Crippen LogP contribution in [0.4, 0.5) is 0 Å². The molecule has 0 saturated heterocycles. The number of aliphatic imine (C=N–C) groups is 1. The van der Waals surface area contributed by atoms with E-state index in [0.29, 0.717) is 18.9 Å². The van der Waals surface area contributed by atoms with Crippen LogP contribution < -0.4 is 0 Å². The molecule has 0 aromatic rings. The Kier molecular flexibility index (Phi) is 5.97. The number of methoxy groups -OCH3 is 1. The van der Waals surface area contributed by atoms with E-state index in [4.69, 9.17) is 14.2 Å². The van der Waals surface area contributed by atoms with Crippen molar-refractivity contribution in [3.8, 4) is 0 Å². The van der Waals surface area contributed by atoms with Gasteiger partial charge in [0.25, 0.3) is 0 Å². The molecule has 19 heavy (non-hydrogen) atoms. The van der Waals surface area contributed by atoms with Gasteiger partial charge in [0.2, 0.25) is 5.90 Å². The number of hydrogen-bond acceptors (Lipinski definition) is 5. The lowest BCUT2D eigenvalue weighted by atomic mass is 10.1. The molecule has 5 nitrogen and oxygen atoms in total. The average molecular weight is 271 g/mol. The second-order valence-electron chi connectivity index (χ2n) is 5.47. The summed E-state index contributed by atoms with van der Waals surface area (Å²) >= 11 is 0. The highest BCUT2D eigenvalue weighted by molar-refractivity contribution is 5.82. The van der Waals surface area contributed by atoms with Crippen LogP contribution >= 0.6 is 0 Å². The smallest absolute Gasteiger partial charge is 0.214 e. The number of aliphatic hydroxyl groups is 1. The molecule has 0 amide bonds. The summed E-state index contributed by atoms with van der Waals surface area (Å²) in [5.41, 5.74) is 0.818. The van der Waals surface area contributed by atoms with Gasteiger partial charge in [0.15, 0.2) is 0 Å². The van der Waals surface area contributed by atoms with Gasteiger partial charge in [-0.3, -0.25) is 0 Å². The van der Waals surface area contributed by atoms with E-state index >= 15 is 0 Å². The van der Waals surface area contributed by atoms with Crippen LogP contribution in [0, 0.1) is 0 Å². The molecule has 0 aliphatic carbocycles. The van der Waals surface area contributed by atoms with Gasteiger partial charge < -0.3 is 19.3 Å². The molecule has 0 unspecified atom stereocenters. The molecule has 0 fully saturated rings. The molecule has 0 saturated carbocycles. The Balaban J connectivity index is 2.47. The van der Waals surface area contributed by atoms with E-state index in [9.17, 15) is 5.11 Å². The van der Waals surface area contributed by atoms with Crippen molar-refractivity contribution in [1.29, 1.82) is 0 Å². The summed E-state index contributed by atoms with van der Waals surface area (Å²) in [4.78, 5) is 4.36. The molecule has 1 rings (SSSR count). The summed E-state index contributed by atoms with van der Waals surface area (Å²) < 4.78 is 15.7. The number of ether oxygens (including phenoxy) is 3. The van der Waals surface area contributed by atoms with Crippen LogP contribution in [-0.4, -0.2) is 49.3 Å². The Morgan fingerprint density at radius 2 is 2.26 bits per heavy atom. The van der Waals surface area contributed by atoms with Crippen molar-refractivity contribution in [1.82, 2.24) is 0 Å². The first kappa shape index (κ1) is 16.1. The zero-order valence-corrected chi connectivity index (χ0v) is 12.5. The third-order valence-electron chi connectivity index (χ3n) is 3.01. The Morgan fingerprint density at radius 3 is 2.79 bits per heavy atom. The van der Waals surface area contributed by atoms with E-state index in [2.05, 4.69) is 4.99 Å². The maximum atomic E-state index is 10.0. The van der Waals surface area contributed by atoms with Crippen LogP contribution in [0.3, 0.4) is 0 Å². The second kappa shape index (κ2) is 7.03. The number of aliphatic hydroxyl groups excluding tert-OH is 1. The molecule has 110 valence electrons. The molecule has 1 N–H and O–H groups in total. The maximum Gasteiger partial charge on any atom is 0.214 e. The molecule has 0 spiro atoms. The molecule has 2 atom stereocenters. The third kappa shape index (κ3) is 5.30. The highest BCUT2D eigenvalue weighted by atomic mass is 16.7. The van der Waals surface area contributed by atoms with Crippen molar-refractivity contribution in [3.63, 3.8) is 0 Å². The Bertz CT molecular complexity index is 349. The van der Waals surface area contributed by atoms with Crippen molar-refractivity contribution in [2.45, 2.75) is 51.9 Å². The summed E-state index contributed by atoms with van der Waals surface area (Å²) in [7, 11) is 1.59. The number of nitrogens with zero attached hydrogens (tertiary/aromatic N) is 1. The van der Waals surface area contributed by atoms with Crippen LogP contribution in [0.2, 0.25) is 0 Å². The molecule has 0 bridgehead atoms. The molecule has 1 aliphatic rings. The van der Waals surface area contributed by atoms with Crippen LogP contribution in [-0.2, 0) is 14.2 Å². The summed E-state index contributed by atoms with van der Waals surface area (Å²) in [6.45, 7) is 8.66. The zero-order chi connectivity index (χ0) is 14.5. The topological polar surface area (TPSA) is 60.3 Å². The standard InChI is InChI=1S/C14H25NO4/c1-10(11(2)19-9-17-5)6-7-12(16)13-15-14(3,4)8-18-13/h6,11-12,16H,7-9H2,1-5H3/b10-6+/t11-,12+/m0/s1. The molecule has 5 heteroatoms. The lowest BCUT2D eigenvalue weighted by Crippen LogP contribution is -2.20. The van der Waals surface area contributed by atoms with E-state index in [0.717, 1.165) is 5.57 Å². The minimum atomic E-state index is -0.689. The SMILES string of the molecule is COCO[C@@H](C)/C(C)=C/C[C@@H](O)C1=NC(C)(C)CO1. The summed E-state index contributed by atoms with van der Waals surface area (Å²) in [6, 6.07) is 0. The van der Waals surface area contributed by atoms with Crippen LogP contribution in [0.1, 0.15) is 34.1 Å². The maximum absolute atomic E-state index is 10.0. The number of rotatable bonds is 7. The molecule has 1 aliphatic heterocycles. The largest absolute Gasteiger partial charge is 0.477 e. The predicted octanol–water partition coefficient (Wildman–Crippen LogP) is 1.90. The fourth-order valence-electron chi connectivity index (χ4n) is 1.65. The fourth-order valence-corrected chi connectivity index (χ4v) is 1.65. The Hall–Kier alpha value is -0.910. The van der Waals surface area contributed by atoms with Gasteiger partial charge in [0.1, 0.15) is 19.5 Å². The van der Waals surface area contributed by atoms with Crippen LogP contribution in [0.15, 0.2) is 16.6 Å². The van der Waals surface area contributed by atoms with E-state index in [1.165, 1.54) is 0 Å². The molecule has 0 aromatic heterocycles. The van der Waals surface area contributed by atoms with Gasteiger partial charge in [-0.1, -0.05) is 6.08 Å². The highest BCUT2D eigenvalue weighted by Crippen LogP contribution is 2.19. The first-order valence-corrected chi connectivity index (χ1v) is 6.53. The first-order chi connectivity index (χ1) is 8.85. The molecule has 0 aromatic carbocycles. The third-order valence-corrected chi connectivity index (χ3v) is 3.01.